The van der Waals surface area contributed by atoms with Crippen LogP contribution in [0.2, 0.25) is 0 Å². The van der Waals surface area contributed by atoms with E-state index in [1.54, 1.807) is 0 Å². The Bertz CT molecular complexity index is 163. The molecule has 1 saturated heterocycles. The van der Waals surface area contributed by atoms with Crippen LogP contribution in [0.3, 0.4) is 0 Å². The zero-order valence-corrected chi connectivity index (χ0v) is 10.0. The normalized spacial score (nSPS) is 24.0. The smallest absolute Gasteiger partial charge is 0.0639 e. The van der Waals surface area contributed by atoms with E-state index in [0.29, 0.717) is 6.04 Å². The maximum absolute atomic E-state index is 9.30. The highest BCUT2D eigenvalue weighted by molar-refractivity contribution is 4.78. The number of β-amino-alcohol motifs (C(OH)–C–C–N with tert-alkyl or cyclic N) is 1. The number of aliphatic hydroxyl groups is 1. The molecular weight excluding hydrogens is 190 g/mol. The van der Waals surface area contributed by atoms with Crippen molar-refractivity contribution in [1.29, 1.82) is 0 Å². The number of nitrogens with two attached hydrogens (primary N) is 1. The molecule has 15 heavy (non-hydrogen) atoms. The lowest BCUT2D eigenvalue weighted by Crippen LogP contribution is -2.53. The minimum Gasteiger partial charge on any atom is -0.392 e. The van der Waals surface area contributed by atoms with Gasteiger partial charge in [-0.1, -0.05) is 6.92 Å². The van der Waals surface area contributed by atoms with Crippen molar-refractivity contribution < 1.29 is 5.11 Å². The first-order valence-corrected chi connectivity index (χ1v) is 6.01. The molecule has 0 amide bonds. The monoisotopic (exact) mass is 215 g/mol. The van der Waals surface area contributed by atoms with E-state index in [1.165, 1.54) is 0 Å². The van der Waals surface area contributed by atoms with Crippen LogP contribution in [0.15, 0.2) is 0 Å². The predicted octanol–water partition coefficient (Wildman–Crippen LogP) is -0.278. The molecule has 1 rings (SSSR count). The molecule has 1 aliphatic rings. The van der Waals surface area contributed by atoms with E-state index < -0.39 is 0 Å². The SMILES string of the molecule is CCC(CN)N1CCN(CC(C)O)CC1. The molecule has 2 unspecified atom stereocenters. The summed E-state index contributed by atoms with van der Waals surface area (Å²) in [5.74, 6) is 0. The molecule has 0 aromatic carbocycles. The number of rotatable bonds is 5. The molecule has 0 saturated carbocycles. The third kappa shape index (κ3) is 4.07. The van der Waals surface area contributed by atoms with Gasteiger partial charge in [-0.15, -0.1) is 0 Å². The van der Waals surface area contributed by atoms with Crippen molar-refractivity contribution in [3.05, 3.63) is 0 Å². The molecule has 2 atom stereocenters. The molecule has 0 radical (unpaired) electrons. The molecule has 4 heteroatoms. The number of nitrogens with zero attached hydrogens (tertiary/aromatic N) is 2. The van der Waals surface area contributed by atoms with E-state index in [-0.39, 0.29) is 6.10 Å². The summed E-state index contributed by atoms with van der Waals surface area (Å²) >= 11 is 0. The molecular formula is C11H25N3O. The van der Waals surface area contributed by atoms with Gasteiger partial charge in [-0.05, 0) is 13.3 Å². The third-order valence-electron chi connectivity index (χ3n) is 3.19. The summed E-state index contributed by atoms with van der Waals surface area (Å²) in [5.41, 5.74) is 5.73. The molecule has 0 aromatic heterocycles. The van der Waals surface area contributed by atoms with Gasteiger partial charge in [0.05, 0.1) is 6.10 Å². The van der Waals surface area contributed by atoms with E-state index in [1.807, 2.05) is 6.92 Å². The first kappa shape index (κ1) is 12.9. The lowest BCUT2D eigenvalue weighted by molar-refractivity contribution is 0.0628. The molecule has 3 N–H and O–H groups in total. The number of hydrogen-bond acceptors (Lipinski definition) is 4. The summed E-state index contributed by atoms with van der Waals surface area (Å²) in [6.07, 6.45) is 0.917. The van der Waals surface area contributed by atoms with Gasteiger partial charge in [-0.3, -0.25) is 9.80 Å². The molecule has 90 valence electrons. The van der Waals surface area contributed by atoms with Crippen LogP contribution in [-0.4, -0.2) is 66.3 Å². The van der Waals surface area contributed by atoms with Gasteiger partial charge in [0.2, 0.25) is 0 Å². The average molecular weight is 215 g/mol. The van der Waals surface area contributed by atoms with E-state index in [2.05, 4.69) is 16.7 Å². The van der Waals surface area contributed by atoms with Gasteiger partial charge in [-0.25, -0.2) is 0 Å². The highest BCUT2D eigenvalue weighted by atomic mass is 16.3. The Morgan fingerprint density at radius 1 is 1.27 bits per heavy atom. The topological polar surface area (TPSA) is 52.7 Å². The van der Waals surface area contributed by atoms with Gasteiger partial charge in [0.1, 0.15) is 0 Å². The Morgan fingerprint density at radius 3 is 2.27 bits per heavy atom. The molecule has 0 spiro atoms. The summed E-state index contributed by atoms with van der Waals surface area (Å²) in [5, 5.41) is 9.30. The van der Waals surface area contributed by atoms with Crippen molar-refractivity contribution in [2.24, 2.45) is 5.73 Å². The fourth-order valence-electron chi connectivity index (χ4n) is 2.26. The molecule has 1 aliphatic heterocycles. The predicted molar refractivity (Wildman–Crippen MR) is 62.8 cm³/mol. The first-order chi connectivity index (χ1) is 7.17. The van der Waals surface area contributed by atoms with Gasteiger partial charge in [0, 0.05) is 45.3 Å². The van der Waals surface area contributed by atoms with E-state index in [0.717, 1.165) is 45.7 Å². The Kier molecular flexibility index (Phi) is 5.53. The first-order valence-electron chi connectivity index (χ1n) is 6.01. The van der Waals surface area contributed by atoms with Crippen LogP contribution in [0.5, 0.6) is 0 Å². The molecule has 4 nitrogen and oxygen atoms in total. The average Bonchev–Trinajstić information content (AvgIpc) is 2.21. The zero-order chi connectivity index (χ0) is 11.3. The quantitative estimate of drug-likeness (QED) is 0.662. The van der Waals surface area contributed by atoms with Gasteiger partial charge in [-0.2, -0.15) is 0 Å². The number of piperazine rings is 1. The number of aliphatic hydroxyl groups excluding tert-OH is 1. The van der Waals surface area contributed by atoms with Crippen molar-refractivity contribution >= 4 is 0 Å². The second-order valence-corrected chi connectivity index (χ2v) is 4.48. The Hall–Kier alpha value is -0.160. The standard InChI is InChI=1S/C11H25N3O/c1-3-11(8-12)14-6-4-13(5-7-14)9-10(2)15/h10-11,15H,3-9,12H2,1-2H3. The van der Waals surface area contributed by atoms with Crippen LogP contribution in [0, 0.1) is 0 Å². The van der Waals surface area contributed by atoms with Crippen LogP contribution in [0.1, 0.15) is 20.3 Å². The Labute approximate surface area is 93.0 Å². The van der Waals surface area contributed by atoms with Crippen LogP contribution in [0.4, 0.5) is 0 Å². The maximum atomic E-state index is 9.30. The van der Waals surface area contributed by atoms with Gasteiger partial charge >= 0.3 is 0 Å². The van der Waals surface area contributed by atoms with Gasteiger partial charge < -0.3 is 10.8 Å². The van der Waals surface area contributed by atoms with Crippen molar-refractivity contribution in [3.63, 3.8) is 0 Å². The number of hydrogen-bond donors (Lipinski definition) is 2. The highest BCUT2D eigenvalue weighted by Crippen LogP contribution is 2.08. The fourth-order valence-corrected chi connectivity index (χ4v) is 2.26. The fraction of sp³-hybridized carbons (Fsp3) is 1.00. The molecule has 1 heterocycles. The molecule has 0 aliphatic carbocycles. The minimum absolute atomic E-state index is 0.215. The van der Waals surface area contributed by atoms with Crippen molar-refractivity contribution in [3.8, 4) is 0 Å². The van der Waals surface area contributed by atoms with Crippen LogP contribution < -0.4 is 5.73 Å². The van der Waals surface area contributed by atoms with Crippen molar-refractivity contribution in [2.75, 3.05) is 39.3 Å². The van der Waals surface area contributed by atoms with Crippen LogP contribution in [0.25, 0.3) is 0 Å². The van der Waals surface area contributed by atoms with E-state index in [4.69, 9.17) is 5.73 Å². The van der Waals surface area contributed by atoms with E-state index in [9.17, 15) is 5.11 Å². The second kappa shape index (κ2) is 6.43. The summed E-state index contributed by atoms with van der Waals surface area (Å²) in [4.78, 5) is 4.79. The van der Waals surface area contributed by atoms with Crippen LogP contribution >= 0.6 is 0 Å². The summed E-state index contributed by atoms with van der Waals surface area (Å²) in [6.45, 7) is 9.88. The molecule has 0 bridgehead atoms. The third-order valence-corrected chi connectivity index (χ3v) is 3.19. The lowest BCUT2D eigenvalue weighted by atomic mass is 10.1. The summed E-state index contributed by atoms with van der Waals surface area (Å²) < 4.78 is 0. The van der Waals surface area contributed by atoms with Crippen molar-refractivity contribution in [2.45, 2.75) is 32.4 Å². The summed E-state index contributed by atoms with van der Waals surface area (Å²) in [6, 6.07) is 0.540. The van der Waals surface area contributed by atoms with Gasteiger partial charge in [0.15, 0.2) is 0 Å². The minimum atomic E-state index is -0.215. The van der Waals surface area contributed by atoms with Crippen molar-refractivity contribution in [1.82, 2.24) is 9.80 Å². The molecule has 1 fully saturated rings. The van der Waals surface area contributed by atoms with Crippen LogP contribution in [-0.2, 0) is 0 Å². The van der Waals surface area contributed by atoms with E-state index >= 15 is 0 Å². The largest absolute Gasteiger partial charge is 0.392 e. The maximum Gasteiger partial charge on any atom is 0.0639 e. The zero-order valence-electron chi connectivity index (χ0n) is 10.0. The Balaban J connectivity index is 2.28. The highest BCUT2D eigenvalue weighted by Gasteiger charge is 2.21. The second-order valence-electron chi connectivity index (χ2n) is 4.48. The lowest BCUT2D eigenvalue weighted by Gasteiger charge is -2.39. The Morgan fingerprint density at radius 2 is 1.87 bits per heavy atom. The summed E-state index contributed by atoms with van der Waals surface area (Å²) in [7, 11) is 0. The van der Waals surface area contributed by atoms with Gasteiger partial charge in [0.25, 0.3) is 0 Å². The molecule has 0 aromatic rings.